The maximum absolute atomic E-state index is 14.0. The van der Waals surface area contributed by atoms with E-state index in [1.165, 1.54) is 4.57 Å². The number of fused-ring (bicyclic) bond motifs is 1. The molecule has 1 saturated heterocycles. The molecule has 2 aromatic heterocycles. The largest absolute Gasteiger partial charge is 0.444 e. The van der Waals surface area contributed by atoms with Crippen molar-refractivity contribution in [2.45, 2.75) is 65.6 Å². The van der Waals surface area contributed by atoms with E-state index < -0.39 is 35.9 Å². The average Bonchev–Trinajstić information content (AvgIpc) is 3.60. The van der Waals surface area contributed by atoms with Crippen molar-refractivity contribution in [2.75, 3.05) is 23.3 Å². The first-order chi connectivity index (χ1) is 24.6. The van der Waals surface area contributed by atoms with Crippen molar-refractivity contribution in [3.8, 4) is 0 Å². The van der Waals surface area contributed by atoms with Gasteiger partial charge in [-0.3, -0.25) is 24.3 Å². The minimum atomic E-state index is -0.995. The zero-order valence-electron chi connectivity index (χ0n) is 29.1. The van der Waals surface area contributed by atoms with Crippen molar-refractivity contribution >= 4 is 40.1 Å². The number of nitrogens with zero attached hydrogens (tertiary/aromatic N) is 4. The van der Waals surface area contributed by atoms with Gasteiger partial charge in [0.1, 0.15) is 18.8 Å². The number of amides is 2. The number of carbonyl (C=O) groups excluding carboxylic acids is 3. The molecule has 0 unspecified atom stereocenters. The molecule has 5 aromatic rings. The normalized spacial score (nSPS) is 13.6. The molecule has 12 heteroatoms. The Morgan fingerprint density at radius 3 is 2.41 bits per heavy atom. The van der Waals surface area contributed by atoms with Crippen LogP contribution in [-0.4, -0.2) is 51.7 Å². The van der Waals surface area contributed by atoms with Crippen LogP contribution in [0.25, 0.3) is 10.9 Å². The number of nitrogens with one attached hydrogen (secondary N) is 2. The Morgan fingerprint density at radius 1 is 0.902 bits per heavy atom. The Morgan fingerprint density at radius 2 is 1.67 bits per heavy atom. The zero-order chi connectivity index (χ0) is 35.9. The van der Waals surface area contributed by atoms with Gasteiger partial charge in [0.2, 0.25) is 17.6 Å². The molecule has 2 N–H and O–H groups in total. The molecule has 0 bridgehead atoms. The van der Waals surface area contributed by atoms with E-state index in [-0.39, 0.29) is 30.0 Å². The quantitative estimate of drug-likeness (QED) is 0.149. The van der Waals surface area contributed by atoms with Crippen LogP contribution in [0.5, 0.6) is 0 Å². The standard InChI is InChI=1S/C39H42N6O6/c1-25(2)35(36(47)37-43-42-34(51-37)20-28-14-10-11-26(3)19-28)41-33(46)23-45-32-22-30(44-17-8-5-9-18-44)16-15-29(32)21-31(38(45)48)40-39(49)50-24-27-12-6-4-7-13-27/h4,6-7,10-16,19,21-22,25,35H,5,8-9,17-18,20,23-24H2,1-3H3,(H,40,49)(H,41,46)/t35-/m0/s1. The highest BCUT2D eigenvalue weighted by molar-refractivity contribution is 5.99. The number of aromatic nitrogens is 3. The number of ketones is 1. The number of benzene rings is 3. The number of anilines is 2. The Bertz CT molecular complexity index is 2080. The van der Waals surface area contributed by atoms with Crippen molar-refractivity contribution < 1.29 is 23.5 Å². The monoisotopic (exact) mass is 690 g/mol. The maximum atomic E-state index is 14.0. The Labute approximate surface area is 295 Å². The lowest BCUT2D eigenvalue weighted by Gasteiger charge is -2.29. The molecule has 0 saturated carbocycles. The van der Waals surface area contributed by atoms with E-state index in [1.54, 1.807) is 19.9 Å². The number of pyridine rings is 1. The second kappa shape index (κ2) is 15.8. The molecule has 3 heterocycles. The third-order valence-electron chi connectivity index (χ3n) is 8.93. The van der Waals surface area contributed by atoms with Gasteiger partial charge in [0.25, 0.3) is 11.4 Å². The number of hydrogen-bond acceptors (Lipinski definition) is 9. The van der Waals surface area contributed by atoms with Crippen molar-refractivity contribution in [2.24, 2.45) is 5.92 Å². The Balaban J connectivity index is 1.24. The Hall–Kier alpha value is -5.78. The molecular weight excluding hydrogens is 648 g/mol. The van der Waals surface area contributed by atoms with Gasteiger partial charge >= 0.3 is 6.09 Å². The van der Waals surface area contributed by atoms with Crippen LogP contribution in [0.1, 0.15) is 66.4 Å². The molecule has 12 nitrogen and oxygen atoms in total. The highest BCUT2D eigenvalue weighted by atomic mass is 16.5. The molecule has 1 aliphatic heterocycles. The van der Waals surface area contributed by atoms with Crippen molar-refractivity contribution in [3.63, 3.8) is 0 Å². The molecule has 0 aliphatic carbocycles. The second-order valence-electron chi connectivity index (χ2n) is 13.2. The second-order valence-corrected chi connectivity index (χ2v) is 13.2. The van der Waals surface area contributed by atoms with E-state index in [4.69, 9.17) is 9.15 Å². The number of rotatable bonds is 12. The van der Waals surface area contributed by atoms with Crippen LogP contribution in [-0.2, 0) is 29.1 Å². The number of ether oxygens (including phenoxy) is 1. The highest BCUT2D eigenvalue weighted by Gasteiger charge is 2.30. The average molecular weight is 691 g/mol. The van der Waals surface area contributed by atoms with Crippen LogP contribution in [0.3, 0.4) is 0 Å². The number of Topliss-reactive ketones (excluding diaryl/α,β-unsaturated/α-hetero) is 1. The molecule has 0 spiro atoms. The highest BCUT2D eigenvalue weighted by Crippen LogP contribution is 2.26. The molecular formula is C39H42N6O6. The van der Waals surface area contributed by atoms with E-state index >= 15 is 0 Å². The lowest BCUT2D eigenvalue weighted by atomic mass is 9.99. The number of piperidine rings is 1. The lowest BCUT2D eigenvalue weighted by Crippen LogP contribution is -2.46. The van der Waals surface area contributed by atoms with Gasteiger partial charge in [-0.05, 0) is 61.4 Å². The predicted molar refractivity (Wildman–Crippen MR) is 194 cm³/mol. The van der Waals surface area contributed by atoms with Gasteiger partial charge in [-0.15, -0.1) is 10.2 Å². The van der Waals surface area contributed by atoms with Gasteiger partial charge in [0, 0.05) is 24.2 Å². The summed E-state index contributed by atoms with van der Waals surface area (Å²) in [7, 11) is 0. The molecule has 1 atom stereocenters. The van der Waals surface area contributed by atoms with Crippen LogP contribution in [0.2, 0.25) is 0 Å². The molecule has 6 rings (SSSR count). The topological polar surface area (TPSA) is 149 Å². The molecule has 0 radical (unpaired) electrons. The minimum Gasteiger partial charge on any atom is -0.444 e. The third-order valence-corrected chi connectivity index (χ3v) is 8.93. The van der Waals surface area contributed by atoms with E-state index in [1.807, 2.05) is 79.7 Å². The summed E-state index contributed by atoms with van der Waals surface area (Å²) in [5, 5.41) is 14.1. The first-order valence-electron chi connectivity index (χ1n) is 17.3. The van der Waals surface area contributed by atoms with E-state index in [0.29, 0.717) is 17.3 Å². The van der Waals surface area contributed by atoms with Gasteiger partial charge in [-0.1, -0.05) is 80.1 Å². The van der Waals surface area contributed by atoms with E-state index in [9.17, 15) is 19.2 Å². The predicted octanol–water partition coefficient (Wildman–Crippen LogP) is 6.05. The van der Waals surface area contributed by atoms with Crippen LogP contribution in [0.4, 0.5) is 16.2 Å². The van der Waals surface area contributed by atoms with Crippen molar-refractivity contribution in [1.29, 1.82) is 0 Å². The summed E-state index contributed by atoms with van der Waals surface area (Å²) in [5.41, 5.74) is 3.68. The van der Waals surface area contributed by atoms with Gasteiger partial charge in [0.15, 0.2) is 0 Å². The molecule has 1 aliphatic rings. The fraction of sp³-hybridized carbons (Fsp3) is 0.333. The van der Waals surface area contributed by atoms with Crippen LogP contribution < -0.4 is 21.1 Å². The van der Waals surface area contributed by atoms with Crippen LogP contribution in [0, 0.1) is 12.8 Å². The number of carbonyl (C=O) groups is 3. The van der Waals surface area contributed by atoms with E-state index in [0.717, 1.165) is 54.7 Å². The Kier molecular flexibility index (Phi) is 10.9. The summed E-state index contributed by atoms with van der Waals surface area (Å²) in [5.74, 6) is -1.35. The summed E-state index contributed by atoms with van der Waals surface area (Å²) in [6, 6.07) is 23.4. The molecule has 1 fully saturated rings. The van der Waals surface area contributed by atoms with Gasteiger partial charge < -0.3 is 19.4 Å². The SMILES string of the molecule is Cc1cccc(Cc2nnc(C(=O)[C@@H](NC(=O)Cn3c(=O)c(NC(=O)OCc4ccccc4)cc4ccc(N5CCCCC5)cc43)C(C)C)o2)c1. The van der Waals surface area contributed by atoms with Crippen molar-refractivity contribution in [1.82, 2.24) is 20.1 Å². The zero-order valence-corrected chi connectivity index (χ0v) is 29.1. The smallest absolute Gasteiger partial charge is 0.412 e. The fourth-order valence-corrected chi connectivity index (χ4v) is 6.28. The summed E-state index contributed by atoms with van der Waals surface area (Å²) in [4.78, 5) is 56.3. The first kappa shape index (κ1) is 35.1. The molecule has 2 amide bonds. The van der Waals surface area contributed by atoms with Crippen LogP contribution >= 0.6 is 0 Å². The minimum absolute atomic E-state index is 0.0220. The van der Waals surface area contributed by atoms with Gasteiger partial charge in [-0.25, -0.2) is 4.79 Å². The molecule has 51 heavy (non-hydrogen) atoms. The van der Waals surface area contributed by atoms with Gasteiger partial charge in [-0.2, -0.15) is 0 Å². The maximum Gasteiger partial charge on any atom is 0.412 e. The van der Waals surface area contributed by atoms with Crippen LogP contribution in [0.15, 0.2) is 88.1 Å². The van der Waals surface area contributed by atoms with Crippen molar-refractivity contribution in [3.05, 3.63) is 118 Å². The molecule has 3 aromatic carbocycles. The molecule has 264 valence electrons. The first-order valence-corrected chi connectivity index (χ1v) is 17.3. The third kappa shape index (κ3) is 8.69. The summed E-state index contributed by atoms with van der Waals surface area (Å²) < 4.78 is 12.4. The van der Waals surface area contributed by atoms with E-state index in [2.05, 4.69) is 25.7 Å². The summed E-state index contributed by atoms with van der Waals surface area (Å²) in [6.45, 7) is 6.98. The van der Waals surface area contributed by atoms with Gasteiger partial charge in [0.05, 0.1) is 18.0 Å². The fourth-order valence-electron chi connectivity index (χ4n) is 6.28. The number of hydrogen-bond donors (Lipinski definition) is 2. The summed E-state index contributed by atoms with van der Waals surface area (Å²) >= 11 is 0. The summed E-state index contributed by atoms with van der Waals surface area (Å²) in [6.07, 6.45) is 2.86. The lowest BCUT2D eigenvalue weighted by molar-refractivity contribution is -0.122. The number of aryl methyl sites for hydroxylation is 1.